The zero-order valence-corrected chi connectivity index (χ0v) is 18.2. The van der Waals surface area contributed by atoms with Crippen LogP contribution in [0.15, 0.2) is 66.7 Å². The molecule has 3 aromatic rings. The van der Waals surface area contributed by atoms with Crippen LogP contribution in [0.4, 0.5) is 0 Å². The van der Waals surface area contributed by atoms with Gasteiger partial charge in [-0.15, -0.1) is 0 Å². The van der Waals surface area contributed by atoms with Crippen LogP contribution in [0, 0.1) is 13.8 Å². The third-order valence-corrected chi connectivity index (χ3v) is 6.87. The molecule has 0 heterocycles. The minimum Gasteiger partial charge on any atom is -0.467 e. The summed E-state index contributed by atoms with van der Waals surface area (Å²) in [4.78, 5) is 0. The molecule has 29 heavy (non-hydrogen) atoms. The van der Waals surface area contributed by atoms with Gasteiger partial charge in [0.15, 0.2) is 13.6 Å². The highest BCUT2D eigenvalue weighted by molar-refractivity contribution is 7.80. The van der Waals surface area contributed by atoms with Gasteiger partial charge < -0.3 is 18.9 Å². The van der Waals surface area contributed by atoms with Gasteiger partial charge in [-0.1, -0.05) is 53.6 Å². The number of rotatable bonds is 9. The van der Waals surface area contributed by atoms with Gasteiger partial charge in [0.25, 0.3) is 0 Å². The van der Waals surface area contributed by atoms with Crippen LogP contribution in [-0.2, 0) is 9.47 Å². The molecule has 0 aliphatic rings. The molecule has 0 fully saturated rings. The summed E-state index contributed by atoms with van der Waals surface area (Å²) in [7, 11) is 2.35. The lowest BCUT2D eigenvalue weighted by atomic mass is 10.2. The maximum Gasteiger partial charge on any atom is 0.188 e. The first-order valence-corrected chi connectivity index (χ1v) is 10.8. The van der Waals surface area contributed by atoms with Crippen LogP contribution in [0.1, 0.15) is 11.1 Å². The summed E-state index contributed by atoms with van der Waals surface area (Å²) in [6.45, 7) is 4.60. The van der Waals surface area contributed by atoms with Crippen molar-refractivity contribution in [1.82, 2.24) is 0 Å². The van der Waals surface area contributed by atoms with Crippen molar-refractivity contribution in [2.24, 2.45) is 0 Å². The number of benzene rings is 3. The maximum atomic E-state index is 5.94. The number of methoxy groups -OCH3 is 2. The molecule has 0 aliphatic heterocycles. The molecule has 0 amide bonds. The quantitative estimate of drug-likeness (QED) is 0.394. The van der Waals surface area contributed by atoms with E-state index in [0.29, 0.717) is 0 Å². The van der Waals surface area contributed by atoms with Crippen molar-refractivity contribution in [3.8, 4) is 11.5 Å². The molecule has 0 unspecified atom stereocenters. The third-order valence-electron chi connectivity index (χ3n) is 4.39. The first-order valence-electron chi connectivity index (χ1n) is 9.44. The Morgan fingerprint density at radius 3 is 1.59 bits per heavy atom. The van der Waals surface area contributed by atoms with E-state index in [1.165, 1.54) is 16.4 Å². The molecular formula is C24H27O4P. The molecular weight excluding hydrogens is 383 g/mol. The van der Waals surface area contributed by atoms with Gasteiger partial charge in [0.2, 0.25) is 0 Å². The van der Waals surface area contributed by atoms with Crippen molar-refractivity contribution in [3.63, 3.8) is 0 Å². The van der Waals surface area contributed by atoms with E-state index in [2.05, 4.69) is 62.4 Å². The second kappa shape index (κ2) is 10.4. The van der Waals surface area contributed by atoms with E-state index in [0.717, 1.165) is 22.1 Å². The van der Waals surface area contributed by atoms with E-state index in [-0.39, 0.29) is 13.6 Å². The van der Waals surface area contributed by atoms with Crippen molar-refractivity contribution >= 4 is 23.8 Å². The summed E-state index contributed by atoms with van der Waals surface area (Å²) in [6, 6.07) is 23.1. The largest absolute Gasteiger partial charge is 0.467 e. The fraction of sp³-hybridized carbons (Fsp3) is 0.250. The minimum absolute atomic E-state index is 0.203. The summed E-state index contributed by atoms with van der Waals surface area (Å²) in [5, 5.41) is 3.50. The van der Waals surface area contributed by atoms with Crippen molar-refractivity contribution in [1.29, 1.82) is 0 Å². The molecule has 0 saturated heterocycles. The summed E-state index contributed by atoms with van der Waals surface area (Å²) < 4.78 is 22.2. The normalized spacial score (nSPS) is 10.9. The molecule has 152 valence electrons. The Morgan fingerprint density at radius 1 is 0.655 bits per heavy atom. The van der Waals surface area contributed by atoms with Crippen molar-refractivity contribution < 1.29 is 18.9 Å². The highest BCUT2D eigenvalue weighted by Crippen LogP contribution is 2.40. The Kier molecular flexibility index (Phi) is 7.65. The first kappa shape index (κ1) is 21.3. The zero-order chi connectivity index (χ0) is 20.6. The Hall–Kier alpha value is -2.39. The molecule has 0 bridgehead atoms. The van der Waals surface area contributed by atoms with E-state index in [4.69, 9.17) is 18.9 Å². The van der Waals surface area contributed by atoms with Crippen LogP contribution >= 0.6 is 7.92 Å². The predicted molar refractivity (Wildman–Crippen MR) is 120 cm³/mol. The number of aryl methyl sites for hydroxylation is 2. The van der Waals surface area contributed by atoms with Gasteiger partial charge in [0.05, 0.1) is 0 Å². The summed E-state index contributed by atoms with van der Waals surface area (Å²) >= 11 is 0. The molecule has 5 heteroatoms. The van der Waals surface area contributed by atoms with Gasteiger partial charge >= 0.3 is 0 Å². The molecule has 3 aromatic carbocycles. The van der Waals surface area contributed by atoms with Gasteiger partial charge in [-0.3, -0.25) is 0 Å². The average molecular weight is 410 g/mol. The van der Waals surface area contributed by atoms with Gasteiger partial charge in [-0.2, -0.15) is 0 Å². The topological polar surface area (TPSA) is 36.9 Å². The third kappa shape index (κ3) is 5.36. The van der Waals surface area contributed by atoms with E-state index in [1.807, 2.05) is 18.2 Å². The van der Waals surface area contributed by atoms with Crippen molar-refractivity contribution in [2.45, 2.75) is 13.8 Å². The van der Waals surface area contributed by atoms with E-state index in [1.54, 1.807) is 14.2 Å². The van der Waals surface area contributed by atoms with Crippen molar-refractivity contribution in [2.75, 3.05) is 27.8 Å². The standard InChI is InChI=1S/C24H27O4P/c1-18-10-12-21(27-16-25-3)23(14-18)29(20-8-6-5-7-9-20)24-15-19(2)11-13-22(24)28-17-26-4/h5-15H,16-17H2,1-4H3. The minimum atomic E-state index is -0.914. The summed E-state index contributed by atoms with van der Waals surface area (Å²) in [5.74, 6) is 1.65. The Balaban J connectivity index is 2.21. The lowest BCUT2D eigenvalue weighted by Gasteiger charge is -2.25. The van der Waals surface area contributed by atoms with Gasteiger partial charge in [-0.05, 0) is 51.3 Å². The van der Waals surface area contributed by atoms with Crippen LogP contribution in [-0.4, -0.2) is 27.8 Å². The van der Waals surface area contributed by atoms with Gasteiger partial charge in [0, 0.05) is 24.8 Å². The fourth-order valence-electron chi connectivity index (χ4n) is 3.08. The number of hydrogen-bond acceptors (Lipinski definition) is 4. The summed E-state index contributed by atoms with van der Waals surface area (Å²) in [5.41, 5.74) is 2.36. The molecule has 0 spiro atoms. The molecule has 0 aliphatic carbocycles. The summed E-state index contributed by atoms with van der Waals surface area (Å²) in [6.07, 6.45) is 0. The molecule has 0 saturated carbocycles. The highest BCUT2D eigenvalue weighted by Gasteiger charge is 2.24. The second-order valence-corrected chi connectivity index (χ2v) is 8.87. The number of hydrogen-bond donors (Lipinski definition) is 0. The second-order valence-electron chi connectivity index (χ2n) is 6.72. The molecule has 4 nitrogen and oxygen atoms in total. The molecule has 0 atom stereocenters. The van der Waals surface area contributed by atoms with Crippen LogP contribution in [0.2, 0.25) is 0 Å². The van der Waals surface area contributed by atoms with Crippen LogP contribution < -0.4 is 25.4 Å². The number of ether oxygens (including phenoxy) is 4. The SMILES string of the molecule is COCOc1ccc(C)cc1P(c1ccccc1)c1cc(C)ccc1OCOC. The Morgan fingerprint density at radius 2 is 1.14 bits per heavy atom. The van der Waals surface area contributed by atoms with Gasteiger partial charge in [0.1, 0.15) is 11.5 Å². The Labute approximate surface area is 174 Å². The molecule has 3 rings (SSSR count). The Bertz CT molecular complexity index is 870. The first-order chi connectivity index (χ1) is 14.1. The lowest BCUT2D eigenvalue weighted by Crippen LogP contribution is -2.25. The highest BCUT2D eigenvalue weighted by atomic mass is 31.1. The van der Waals surface area contributed by atoms with E-state index in [9.17, 15) is 0 Å². The zero-order valence-electron chi connectivity index (χ0n) is 17.3. The average Bonchev–Trinajstić information content (AvgIpc) is 2.74. The van der Waals surface area contributed by atoms with Crippen LogP contribution in [0.5, 0.6) is 11.5 Å². The molecule has 0 aromatic heterocycles. The van der Waals surface area contributed by atoms with Crippen LogP contribution in [0.3, 0.4) is 0 Å². The molecule has 0 radical (unpaired) electrons. The smallest absolute Gasteiger partial charge is 0.188 e. The fourth-order valence-corrected chi connectivity index (χ4v) is 5.75. The maximum absolute atomic E-state index is 5.94. The van der Waals surface area contributed by atoms with Crippen molar-refractivity contribution in [3.05, 3.63) is 77.9 Å². The predicted octanol–water partition coefficient (Wildman–Crippen LogP) is 4.03. The lowest BCUT2D eigenvalue weighted by molar-refractivity contribution is 0.0519. The molecule has 0 N–H and O–H groups in total. The van der Waals surface area contributed by atoms with E-state index >= 15 is 0 Å². The van der Waals surface area contributed by atoms with E-state index < -0.39 is 7.92 Å². The van der Waals surface area contributed by atoms with Crippen LogP contribution in [0.25, 0.3) is 0 Å². The monoisotopic (exact) mass is 410 g/mol. The van der Waals surface area contributed by atoms with Gasteiger partial charge in [-0.25, -0.2) is 0 Å².